The maximum absolute atomic E-state index is 15.1. The molecule has 3 rings (SSSR count). The highest BCUT2D eigenvalue weighted by Crippen LogP contribution is 2.45. The van der Waals surface area contributed by atoms with Crippen molar-refractivity contribution in [2.45, 2.75) is 45.6 Å². The number of halogens is 2. The van der Waals surface area contributed by atoms with Crippen LogP contribution in [0, 0.1) is 11.6 Å². The molecule has 0 aromatic heterocycles. The van der Waals surface area contributed by atoms with Crippen molar-refractivity contribution in [1.29, 1.82) is 0 Å². The van der Waals surface area contributed by atoms with Crippen LogP contribution < -0.4 is 21.7 Å². The van der Waals surface area contributed by atoms with E-state index in [1.54, 1.807) is 26.8 Å². The Bertz CT molecular complexity index is 1080. The molecule has 0 heterocycles. The number of nitrogens with two attached hydrogens (primary N) is 1. The summed E-state index contributed by atoms with van der Waals surface area (Å²) in [6, 6.07) is 6.41. The van der Waals surface area contributed by atoms with Crippen LogP contribution in [-0.4, -0.2) is 36.8 Å². The van der Waals surface area contributed by atoms with Gasteiger partial charge in [0.2, 0.25) is 0 Å². The van der Waals surface area contributed by atoms with Gasteiger partial charge in [-0.05, 0) is 75.4 Å². The van der Waals surface area contributed by atoms with E-state index in [1.807, 2.05) is 0 Å². The Kier molecular flexibility index (Phi) is 7.75. The number of benzene rings is 2. The van der Waals surface area contributed by atoms with E-state index in [-0.39, 0.29) is 34.5 Å². The molecule has 2 amide bonds. The Balaban J connectivity index is 1.91. The fourth-order valence-electron chi connectivity index (χ4n) is 3.39. The van der Waals surface area contributed by atoms with Crippen LogP contribution in [0.5, 0.6) is 0 Å². The fourth-order valence-corrected chi connectivity index (χ4v) is 3.39. The minimum Gasteiger partial charge on any atom is -0.372 e. The number of rotatable bonds is 8. The Labute approximate surface area is 191 Å². The van der Waals surface area contributed by atoms with Gasteiger partial charge in [0.05, 0.1) is 5.69 Å². The van der Waals surface area contributed by atoms with Crippen molar-refractivity contribution in [2.75, 3.05) is 18.4 Å². The average Bonchev–Trinajstić information content (AvgIpc) is 3.57. The van der Waals surface area contributed by atoms with E-state index >= 15 is 4.39 Å². The average molecular weight is 458 g/mol. The van der Waals surface area contributed by atoms with Crippen LogP contribution >= 0.6 is 0 Å². The zero-order chi connectivity index (χ0) is 24.1. The number of aliphatic imine (C=N–C) groups is 1. The first kappa shape index (κ1) is 24.3. The zero-order valence-electron chi connectivity index (χ0n) is 19.0. The topological polar surface area (TPSA) is 109 Å². The third-order valence-electron chi connectivity index (χ3n) is 5.03. The monoisotopic (exact) mass is 457 g/mol. The van der Waals surface area contributed by atoms with Gasteiger partial charge >= 0.3 is 0 Å². The lowest BCUT2D eigenvalue weighted by Gasteiger charge is -2.16. The van der Waals surface area contributed by atoms with Crippen molar-refractivity contribution in [3.8, 4) is 0 Å². The second-order valence-electron chi connectivity index (χ2n) is 8.40. The van der Waals surface area contributed by atoms with E-state index in [9.17, 15) is 14.0 Å². The van der Waals surface area contributed by atoms with Gasteiger partial charge in [0.1, 0.15) is 17.5 Å². The Morgan fingerprint density at radius 1 is 1.12 bits per heavy atom. The molecule has 2 aromatic rings. The number of carbonyl (C=O) groups excluding carboxylic acids is 2. The van der Waals surface area contributed by atoms with E-state index < -0.39 is 23.4 Å². The molecule has 176 valence electrons. The van der Waals surface area contributed by atoms with Gasteiger partial charge in [0, 0.05) is 35.9 Å². The molecule has 0 bridgehead atoms. The van der Waals surface area contributed by atoms with Crippen molar-refractivity contribution in [1.82, 2.24) is 10.6 Å². The lowest BCUT2D eigenvalue weighted by molar-refractivity contribution is 0.0941. The van der Waals surface area contributed by atoms with Gasteiger partial charge in [-0.3, -0.25) is 9.59 Å². The van der Waals surface area contributed by atoms with Gasteiger partial charge in [0.25, 0.3) is 11.8 Å². The van der Waals surface area contributed by atoms with Crippen LogP contribution in [0.15, 0.2) is 35.3 Å². The lowest BCUT2D eigenvalue weighted by atomic mass is 10.0. The second-order valence-corrected chi connectivity index (χ2v) is 8.40. The molecule has 0 atom stereocenters. The third kappa shape index (κ3) is 6.58. The van der Waals surface area contributed by atoms with E-state index in [0.29, 0.717) is 24.5 Å². The number of hydrogen-bond donors (Lipinski definition) is 4. The summed E-state index contributed by atoms with van der Waals surface area (Å²) in [4.78, 5) is 28.8. The van der Waals surface area contributed by atoms with Gasteiger partial charge in [0.15, 0.2) is 0 Å². The number of hydrogen-bond acceptors (Lipinski definition) is 4. The first-order valence-electron chi connectivity index (χ1n) is 10.9. The number of anilines is 2. The van der Waals surface area contributed by atoms with Crippen LogP contribution in [0.2, 0.25) is 0 Å². The van der Waals surface area contributed by atoms with E-state index in [1.165, 1.54) is 12.1 Å². The number of nitrogens with zero attached hydrogens (tertiary/aromatic N) is 1. The molecule has 1 fully saturated rings. The fraction of sp³-hybridized carbons (Fsp3) is 0.375. The van der Waals surface area contributed by atoms with Gasteiger partial charge in [-0.2, -0.15) is 4.99 Å². The molecule has 9 heteroatoms. The molecule has 0 saturated heterocycles. The number of amidine groups is 1. The Morgan fingerprint density at radius 3 is 2.48 bits per heavy atom. The smallest absolute Gasteiger partial charge is 0.278 e. The SMILES string of the molecule is C/C(=N\C(=O)c1cc(F)c(Nc2cc(F)cc(C(=O)NC(C)C)c2)c(C2CC2)c1)NCCN. The summed E-state index contributed by atoms with van der Waals surface area (Å²) < 4.78 is 29.3. The molecular weight excluding hydrogens is 428 g/mol. The van der Waals surface area contributed by atoms with Gasteiger partial charge < -0.3 is 21.7 Å². The van der Waals surface area contributed by atoms with E-state index in [4.69, 9.17) is 5.73 Å². The van der Waals surface area contributed by atoms with E-state index in [2.05, 4.69) is 20.9 Å². The van der Waals surface area contributed by atoms with Crippen molar-refractivity contribution in [3.63, 3.8) is 0 Å². The first-order chi connectivity index (χ1) is 15.7. The summed E-state index contributed by atoms with van der Waals surface area (Å²) in [7, 11) is 0. The highest BCUT2D eigenvalue weighted by atomic mass is 19.1. The Morgan fingerprint density at radius 2 is 1.85 bits per heavy atom. The number of nitrogens with one attached hydrogen (secondary N) is 3. The number of amides is 2. The second kappa shape index (κ2) is 10.5. The molecule has 33 heavy (non-hydrogen) atoms. The standard InChI is InChI=1S/C24H29F2N5O2/c1-13(2)29-23(32)16-8-18(25)12-19(9-16)31-22-20(15-4-5-15)10-17(11-21(22)26)24(33)30-14(3)28-7-6-27/h8-13,15,31H,4-7,27H2,1-3H3,(H,29,32)(H,28,30,33). The summed E-state index contributed by atoms with van der Waals surface area (Å²) in [6.07, 6.45) is 1.72. The van der Waals surface area contributed by atoms with Crippen LogP contribution in [0.1, 0.15) is 65.8 Å². The molecule has 0 radical (unpaired) electrons. The lowest BCUT2D eigenvalue weighted by Crippen LogP contribution is -2.30. The zero-order valence-corrected chi connectivity index (χ0v) is 19.0. The molecule has 0 spiro atoms. The quantitative estimate of drug-likeness (QED) is 0.356. The van der Waals surface area contributed by atoms with Crippen molar-refractivity contribution >= 4 is 29.0 Å². The number of carbonyl (C=O) groups is 2. The molecule has 0 aliphatic heterocycles. The van der Waals surface area contributed by atoms with E-state index in [0.717, 1.165) is 25.0 Å². The highest BCUT2D eigenvalue weighted by molar-refractivity contribution is 6.03. The maximum Gasteiger partial charge on any atom is 0.278 e. The minimum atomic E-state index is -0.650. The summed E-state index contributed by atoms with van der Waals surface area (Å²) >= 11 is 0. The Hall–Kier alpha value is -3.33. The molecule has 7 nitrogen and oxygen atoms in total. The van der Waals surface area contributed by atoms with Crippen LogP contribution in [0.4, 0.5) is 20.2 Å². The summed E-state index contributed by atoms with van der Waals surface area (Å²) in [5.41, 5.74) is 6.71. The maximum atomic E-state index is 15.1. The van der Waals surface area contributed by atoms with Crippen molar-refractivity contribution in [2.24, 2.45) is 10.7 Å². The van der Waals surface area contributed by atoms with Crippen molar-refractivity contribution in [3.05, 3.63) is 58.7 Å². The van der Waals surface area contributed by atoms with Gasteiger partial charge in [-0.25, -0.2) is 8.78 Å². The van der Waals surface area contributed by atoms with Crippen molar-refractivity contribution < 1.29 is 18.4 Å². The summed E-state index contributed by atoms with van der Waals surface area (Å²) in [6.45, 7) is 6.10. The third-order valence-corrected chi connectivity index (χ3v) is 5.03. The molecule has 1 aliphatic carbocycles. The molecule has 1 aliphatic rings. The summed E-state index contributed by atoms with van der Waals surface area (Å²) in [5.74, 6) is -1.78. The molecule has 0 unspecified atom stereocenters. The van der Waals surface area contributed by atoms with Crippen LogP contribution in [0.3, 0.4) is 0 Å². The van der Waals surface area contributed by atoms with Crippen LogP contribution in [-0.2, 0) is 0 Å². The summed E-state index contributed by atoms with van der Waals surface area (Å²) in [5, 5.41) is 8.53. The minimum absolute atomic E-state index is 0.0902. The van der Waals surface area contributed by atoms with Gasteiger partial charge in [-0.1, -0.05) is 0 Å². The normalized spacial score (nSPS) is 13.7. The molecular formula is C24H29F2N5O2. The highest BCUT2D eigenvalue weighted by Gasteiger charge is 2.29. The first-order valence-corrected chi connectivity index (χ1v) is 10.9. The largest absolute Gasteiger partial charge is 0.372 e. The predicted molar refractivity (Wildman–Crippen MR) is 125 cm³/mol. The predicted octanol–water partition coefficient (Wildman–Crippen LogP) is 3.83. The molecule has 1 saturated carbocycles. The van der Waals surface area contributed by atoms with Crippen LogP contribution in [0.25, 0.3) is 0 Å². The van der Waals surface area contributed by atoms with Gasteiger partial charge in [-0.15, -0.1) is 0 Å². The molecule has 2 aromatic carbocycles. The molecule has 5 N–H and O–H groups in total.